The fraction of sp³-hybridized carbons (Fsp3) is 0.818. The molecule has 0 bridgehead atoms. The van der Waals surface area contributed by atoms with Crippen molar-refractivity contribution < 1.29 is 4.74 Å². The van der Waals surface area contributed by atoms with Crippen LogP contribution in [0.2, 0.25) is 0 Å². The van der Waals surface area contributed by atoms with Crippen LogP contribution in [-0.2, 0) is 4.74 Å². The Labute approximate surface area is 80.6 Å². The van der Waals surface area contributed by atoms with Crippen molar-refractivity contribution in [2.24, 2.45) is 5.92 Å². The molecule has 0 unspecified atom stereocenters. The molecule has 0 N–H and O–H groups in total. The highest BCUT2D eigenvalue weighted by atomic mass is 16.5. The Balaban J connectivity index is 1.93. The molecule has 2 rings (SSSR count). The predicted molar refractivity (Wildman–Crippen MR) is 53.7 cm³/mol. The Bertz CT molecular complexity index is 191. The Morgan fingerprint density at radius 2 is 2.38 bits per heavy atom. The van der Waals surface area contributed by atoms with E-state index in [0.29, 0.717) is 6.04 Å². The average Bonchev–Trinajstić information content (AvgIpc) is 2.62. The average molecular weight is 181 g/mol. The second-order valence-electron chi connectivity index (χ2n) is 4.07. The van der Waals surface area contributed by atoms with E-state index in [-0.39, 0.29) is 0 Å². The maximum atomic E-state index is 5.54. The first kappa shape index (κ1) is 9.22. The molecule has 2 heteroatoms. The number of hydrogen-bond acceptors (Lipinski definition) is 2. The van der Waals surface area contributed by atoms with E-state index < -0.39 is 0 Å². The van der Waals surface area contributed by atoms with Crippen molar-refractivity contribution in [2.45, 2.75) is 25.8 Å². The van der Waals surface area contributed by atoms with Crippen molar-refractivity contribution in [3.8, 4) is 0 Å². The molecule has 2 heterocycles. The molecule has 0 spiro atoms. The van der Waals surface area contributed by atoms with Crippen LogP contribution in [0.4, 0.5) is 0 Å². The first-order chi connectivity index (χ1) is 6.42. The number of piperidine rings is 1. The van der Waals surface area contributed by atoms with Crippen LogP contribution >= 0.6 is 0 Å². The minimum absolute atomic E-state index is 0.713. The minimum atomic E-state index is 0.713. The summed E-state index contributed by atoms with van der Waals surface area (Å²) in [5.74, 6) is 0.819. The van der Waals surface area contributed by atoms with Gasteiger partial charge in [-0.1, -0.05) is 12.2 Å². The molecule has 0 aromatic rings. The quantitative estimate of drug-likeness (QED) is 0.601. The zero-order valence-corrected chi connectivity index (χ0v) is 8.41. The molecule has 0 amide bonds. The highest BCUT2D eigenvalue weighted by Crippen LogP contribution is 2.28. The van der Waals surface area contributed by atoms with Gasteiger partial charge in [-0.3, -0.25) is 4.90 Å². The zero-order chi connectivity index (χ0) is 9.10. The summed E-state index contributed by atoms with van der Waals surface area (Å²) in [6, 6.07) is 0.713. The normalized spacial score (nSPS) is 35.5. The summed E-state index contributed by atoms with van der Waals surface area (Å²) in [5.41, 5.74) is 0. The minimum Gasteiger partial charge on any atom is -0.379 e. The summed E-state index contributed by atoms with van der Waals surface area (Å²) in [6.45, 7) is 6.42. The van der Waals surface area contributed by atoms with Gasteiger partial charge >= 0.3 is 0 Å². The van der Waals surface area contributed by atoms with Crippen molar-refractivity contribution in [3.63, 3.8) is 0 Å². The van der Waals surface area contributed by atoms with Crippen molar-refractivity contribution in [2.75, 3.05) is 26.3 Å². The molecule has 13 heavy (non-hydrogen) atoms. The molecular formula is C11H19NO. The van der Waals surface area contributed by atoms with Crippen LogP contribution in [0.5, 0.6) is 0 Å². The van der Waals surface area contributed by atoms with Crippen LogP contribution in [0.3, 0.4) is 0 Å². The van der Waals surface area contributed by atoms with E-state index >= 15 is 0 Å². The van der Waals surface area contributed by atoms with Gasteiger partial charge in [-0.2, -0.15) is 0 Å². The van der Waals surface area contributed by atoms with E-state index in [0.717, 1.165) is 25.7 Å². The summed E-state index contributed by atoms with van der Waals surface area (Å²) in [4.78, 5) is 2.57. The fourth-order valence-corrected chi connectivity index (χ4v) is 2.46. The van der Waals surface area contributed by atoms with Crippen molar-refractivity contribution in [1.82, 2.24) is 4.90 Å². The Morgan fingerprint density at radius 3 is 3.23 bits per heavy atom. The summed E-state index contributed by atoms with van der Waals surface area (Å²) < 4.78 is 5.54. The lowest BCUT2D eigenvalue weighted by Crippen LogP contribution is -2.44. The van der Waals surface area contributed by atoms with Crippen LogP contribution in [0, 0.1) is 5.92 Å². The van der Waals surface area contributed by atoms with Gasteiger partial charge in [-0.25, -0.2) is 0 Å². The van der Waals surface area contributed by atoms with E-state index in [9.17, 15) is 0 Å². The smallest absolute Gasteiger partial charge is 0.0625 e. The van der Waals surface area contributed by atoms with Crippen LogP contribution in [0.25, 0.3) is 0 Å². The van der Waals surface area contributed by atoms with Crippen molar-refractivity contribution in [3.05, 3.63) is 12.2 Å². The lowest BCUT2D eigenvalue weighted by Gasteiger charge is -2.35. The van der Waals surface area contributed by atoms with Gasteiger partial charge in [0, 0.05) is 18.5 Å². The number of nitrogens with zero attached hydrogens (tertiary/aromatic N) is 1. The van der Waals surface area contributed by atoms with Crippen LogP contribution in [0.1, 0.15) is 19.8 Å². The Hall–Kier alpha value is -0.340. The summed E-state index contributed by atoms with van der Waals surface area (Å²) >= 11 is 0. The SMILES string of the molecule is C/C=C/CN1CCC[C@H]2COC[C@H]21. The molecule has 2 aliphatic heterocycles. The summed E-state index contributed by atoms with van der Waals surface area (Å²) in [5, 5.41) is 0. The van der Waals surface area contributed by atoms with Gasteiger partial charge in [-0.05, 0) is 26.3 Å². The topological polar surface area (TPSA) is 12.5 Å². The summed E-state index contributed by atoms with van der Waals surface area (Å²) in [7, 11) is 0. The maximum absolute atomic E-state index is 5.54. The maximum Gasteiger partial charge on any atom is 0.0625 e. The van der Waals surface area contributed by atoms with Crippen LogP contribution in [0.15, 0.2) is 12.2 Å². The molecule has 0 aliphatic carbocycles. The third kappa shape index (κ3) is 1.94. The van der Waals surface area contributed by atoms with Crippen LogP contribution < -0.4 is 0 Å². The largest absolute Gasteiger partial charge is 0.379 e. The first-order valence-electron chi connectivity index (χ1n) is 5.35. The second kappa shape index (κ2) is 4.25. The highest BCUT2D eigenvalue weighted by Gasteiger charge is 2.34. The number of ether oxygens (including phenoxy) is 1. The van der Waals surface area contributed by atoms with Gasteiger partial charge < -0.3 is 4.74 Å². The van der Waals surface area contributed by atoms with E-state index in [1.54, 1.807) is 0 Å². The molecule has 2 atom stereocenters. The molecular weight excluding hydrogens is 162 g/mol. The Morgan fingerprint density at radius 1 is 1.46 bits per heavy atom. The van der Waals surface area contributed by atoms with Crippen molar-refractivity contribution >= 4 is 0 Å². The zero-order valence-electron chi connectivity index (χ0n) is 8.41. The summed E-state index contributed by atoms with van der Waals surface area (Å²) in [6.07, 6.45) is 7.11. The molecule has 2 saturated heterocycles. The Kier molecular flexibility index (Phi) is 3.01. The molecule has 0 aromatic carbocycles. The third-order valence-electron chi connectivity index (χ3n) is 3.23. The number of likely N-dealkylation sites (tertiary alicyclic amines) is 1. The second-order valence-corrected chi connectivity index (χ2v) is 4.07. The van der Waals surface area contributed by atoms with Gasteiger partial charge in [0.15, 0.2) is 0 Å². The van der Waals surface area contributed by atoms with E-state index in [1.807, 2.05) is 0 Å². The first-order valence-corrected chi connectivity index (χ1v) is 5.35. The predicted octanol–water partition coefficient (Wildman–Crippen LogP) is 1.67. The lowest BCUT2D eigenvalue weighted by atomic mass is 9.92. The monoisotopic (exact) mass is 181 g/mol. The molecule has 2 nitrogen and oxygen atoms in total. The van der Waals surface area contributed by atoms with Gasteiger partial charge in [0.2, 0.25) is 0 Å². The standard InChI is InChI=1S/C11H19NO/c1-2-3-6-12-7-4-5-10-8-13-9-11(10)12/h2-3,10-11H,4-9H2,1H3/b3-2+/t10-,11+/m0/s1. The van der Waals surface area contributed by atoms with Gasteiger partial charge in [-0.15, -0.1) is 0 Å². The van der Waals surface area contributed by atoms with Gasteiger partial charge in [0.05, 0.1) is 13.2 Å². The number of hydrogen-bond donors (Lipinski definition) is 0. The molecule has 2 aliphatic rings. The molecule has 74 valence electrons. The molecule has 0 saturated carbocycles. The van der Waals surface area contributed by atoms with Gasteiger partial charge in [0.25, 0.3) is 0 Å². The van der Waals surface area contributed by atoms with Gasteiger partial charge in [0.1, 0.15) is 0 Å². The van der Waals surface area contributed by atoms with Crippen LogP contribution in [-0.4, -0.2) is 37.2 Å². The molecule has 2 fully saturated rings. The van der Waals surface area contributed by atoms with E-state index in [1.165, 1.54) is 19.4 Å². The number of fused-ring (bicyclic) bond motifs is 1. The van der Waals surface area contributed by atoms with E-state index in [4.69, 9.17) is 4.74 Å². The third-order valence-corrected chi connectivity index (χ3v) is 3.23. The number of rotatable bonds is 2. The van der Waals surface area contributed by atoms with Crippen molar-refractivity contribution in [1.29, 1.82) is 0 Å². The molecule has 0 radical (unpaired) electrons. The lowest BCUT2D eigenvalue weighted by molar-refractivity contribution is 0.130. The fourth-order valence-electron chi connectivity index (χ4n) is 2.46. The van der Waals surface area contributed by atoms with E-state index in [2.05, 4.69) is 24.0 Å². The number of allylic oxidation sites excluding steroid dienone is 1. The highest BCUT2D eigenvalue weighted by molar-refractivity contribution is 4.92. The molecule has 0 aromatic heterocycles.